The van der Waals surface area contributed by atoms with Crippen molar-refractivity contribution in [2.24, 2.45) is 0 Å². The quantitative estimate of drug-likeness (QED) is 0.758. The predicted molar refractivity (Wildman–Crippen MR) is 81.9 cm³/mol. The molecular formula is C15H20NO4P. The first-order chi connectivity index (χ1) is 10.0. The molecule has 2 rings (SSSR count). The summed E-state index contributed by atoms with van der Waals surface area (Å²) >= 11 is 0. The zero-order valence-electron chi connectivity index (χ0n) is 12.8. The van der Waals surface area contributed by atoms with Gasteiger partial charge in [0.15, 0.2) is 5.44 Å². The van der Waals surface area contributed by atoms with Crippen LogP contribution in [0.4, 0.5) is 0 Å². The number of aromatic nitrogens is 1. The Morgan fingerprint density at radius 2 is 1.76 bits per heavy atom. The zero-order valence-corrected chi connectivity index (χ0v) is 13.6. The molecule has 0 atom stereocenters. The molecule has 1 aromatic carbocycles. The minimum absolute atomic E-state index is 0.254. The van der Waals surface area contributed by atoms with Crippen molar-refractivity contribution < 1.29 is 18.0 Å². The Morgan fingerprint density at radius 3 is 2.33 bits per heavy atom. The molecule has 0 aliphatic heterocycles. The van der Waals surface area contributed by atoms with Crippen LogP contribution in [0.5, 0.6) is 0 Å². The van der Waals surface area contributed by atoms with Gasteiger partial charge in [-0.1, -0.05) is 18.2 Å². The van der Waals surface area contributed by atoms with E-state index in [1.165, 1.54) is 0 Å². The van der Waals surface area contributed by atoms with Crippen molar-refractivity contribution in [3.63, 3.8) is 0 Å². The van der Waals surface area contributed by atoms with E-state index in [4.69, 9.17) is 13.5 Å². The summed E-state index contributed by atoms with van der Waals surface area (Å²) < 4.78 is 29.1. The highest BCUT2D eigenvalue weighted by Gasteiger charge is 2.34. The van der Waals surface area contributed by atoms with Crippen molar-refractivity contribution in [3.05, 3.63) is 35.6 Å². The Kier molecular flexibility index (Phi) is 4.99. The van der Waals surface area contributed by atoms with Gasteiger partial charge in [0, 0.05) is 5.56 Å². The van der Waals surface area contributed by atoms with E-state index in [9.17, 15) is 4.57 Å². The molecule has 5 nitrogen and oxygen atoms in total. The molecule has 0 saturated carbocycles. The number of hydrogen-bond acceptors (Lipinski definition) is 5. The summed E-state index contributed by atoms with van der Waals surface area (Å²) in [5.41, 5.74) is 2.16. The van der Waals surface area contributed by atoms with E-state index < -0.39 is 7.60 Å². The van der Waals surface area contributed by atoms with Crippen LogP contribution in [0, 0.1) is 13.8 Å². The van der Waals surface area contributed by atoms with E-state index in [0.29, 0.717) is 11.7 Å². The van der Waals surface area contributed by atoms with Gasteiger partial charge < -0.3 is 13.5 Å². The van der Waals surface area contributed by atoms with Crippen LogP contribution in [0.25, 0.3) is 11.5 Å². The normalized spacial score (nSPS) is 11.8. The van der Waals surface area contributed by atoms with Gasteiger partial charge in [-0.3, -0.25) is 4.57 Å². The second kappa shape index (κ2) is 6.56. The van der Waals surface area contributed by atoms with Crippen molar-refractivity contribution in [3.8, 4) is 11.5 Å². The van der Waals surface area contributed by atoms with E-state index in [0.717, 1.165) is 11.1 Å². The van der Waals surface area contributed by atoms with Gasteiger partial charge in [0.05, 0.1) is 13.2 Å². The summed E-state index contributed by atoms with van der Waals surface area (Å²) in [4.78, 5) is 4.37. The van der Waals surface area contributed by atoms with Gasteiger partial charge in [-0.2, -0.15) is 0 Å². The molecule has 1 heterocycles. The van der Waals surface area contributed by atoms with E-state index in [1.54, 1.807) is 20.8 Å². The molecule has 0 N–H and O–H groups in total. The Hall–Kier alpha value is -1.42. The molecular weight excluding hydrogens is 289 g/mol. The molecule has 21 heavy (non-hydrogen) atoms. The minimum atomic E-state index is -3.43. The Labute approximate surface area is 124 Å². The van der Waals surface area contributed by atoms with Gasteiger partial charge in [0.25, 0.3) is 0 Å². The number of oxazole rings is 1. The third-order valence-corrected chi connectivity index (χ3v) is 5.14. The first-order valence-corrected chi connectivity index (χ1v) is 8.49. The molecule has 0 aliphatic carbocycles. The maximum absolute atomic E-state index is 12.8. The topological polar surface area (TPSA) is 61.6 Å². The second-order valence-corrected chi connectivity index (χ2v) is 6.48. The molecule has 0 aliphatic rings. The average Bonchev–Trinajstić information content (AvgIpc) is 2.82. The number of aryl methyl sites for hydroxylation is 2. The third-order valence-electron chi connectivity index (χ3n) is 3.01. The average molecular weight is 309 g/mol. The van der Waals surface area contributed by atoms with E-state index in [-0.39, 0.29) is 18.6 Å². The molecule has 114 valence electrons. The van der Waals surface area contributed by atoms with Crippen LogP contribution in [-0.4, -0.2) is 18.2 Å². The molecule has 0 amide bonds. The highest BCUT2D eigenvalue weighted by molar-refractivity contribution is 7.62. The van der Waals surface area contributed by atoms with Crippen LogP contribution in [0.1, 0.15) is 25.2 Å². The summed E-state index contributed by atoms with van der Waals surface area (Å²) in [6.07, 6.45) is 0. The summed E-state index contributed by atoms with van der Waals surface area (Å²) in [5.74, 6) is 0.888. The summed E-state index contributed by atoms with van der Waals surface area (Å²) in [6.45, 7) is 7.78. The minimum Gasteiger partial charge on any atom is -0.440 e. The number of benzene rings is 1. The number of nitrogens with zero attached hydrogens (tertiary/aromatic N) is 1. The van der Waals surface area contributed by atoms with Crippen molar-refractivity contribution in [1.29, 1.82) is 0 Å². The Balaban J connectivity index is 2.48. The molecule has 0 saturated heterocycles. The van der Waals surface area contributed by atoms with Gasteiger partial charge in [-0.25, -0.2) is 4.98 Å². The molecule has 6 heteroatoms. The van der Waals surface area contributed by atoms with Crippen molar-refractivity contribution in [1.82, 2.24) is 4.98 Å². The van der Waals surface area contributed by atoms with E-state index in [2.05, 4.69) is 4.98 Å². The highest BCUT2D eigenvalue weighted by Crippen LogP contribution is 2.47. The SMILES string of the molecule is CCOP(=O)(OCC)c1nc(-c2ccccc2C)oc1C. The smallest absolute Gasteiger partial charge is 0.383 e. The van der Waals surface area contributed by atoms with Gasteiger partial charge in [-0.15, -0.1) is 0 Å². The van der Waals surface area contributed by atoms with Gasteiger partial charge in [0.1, 0.15) is 5.76 Å². The maximum Gasteiger partial charge on any atom is 0.383 e. The van der Waals surface area contributed by atoms with E-state index in [1.807, 2.05) is 31.2 Å². The first kappa shape index (κ1) is 16.0. The van der Waals surface area contributed by atoms with Crippen LogP contribution in [0.15, 0.2) is 28.7 Å². The van der Waals surface area contributed by atoms with Crippen LogP contribution in [0.3, 0.4) is 0 Å². The lowest BCUT2D eigenvalue weighted by molar-refractivity contribution is 0.229. The second-order valence-electron chi connectivity index (χ2n) is 4.55. The molecule has 0 unspecified atom stereocenters. The van der Waals surface area contributed by atoms with Crippen molar-refractivity contribution in [2.45, 2.75) is 27.7 Å². The fourth-order valence-electron chi connectivity index (χ4n) is 2.07. The zero-order chi connectivity index (χ0) is 15.5. The van der Waals surface area contributed by atoms with Crippen LogP contribution in [0.2, 0.25) is 0 Å². The fraction of sp³-hybridized carbons (Fsp3) is 0.400. The van der Waals surface area contributed by atoms with Crippen LogP contribution < -0.4 is 5.44 Å². The van der Waals surface area contributed by atoms with Gasteiger partial charge >= 0.3 is 7.60 Å². The summed E-state index contributed by atoms with van der Waals surface area (Å²) in [7, 11) is -3.43. The van der Waals surface area contributed by atoms with Gasteiger partial charge in [0.2, 0.25) is 5.89 Å². The Bertz CT molecular complexity index is 655. The van der Waals surface area contributed by atoms with Crippen molar-refractivity contribution in [2.75, 3.05) is 13.2 Å². The molecule has 0 spiro atoms. The molecule has 0 fully saturated rings. The molecule has 1 aromatic heterocycles. The van der Waals surface area contributed by atoms with Crippen LogP contribution >= 0.6 is 7.60 Å². The lowest BCUT2D eigenvalue weighted by Gasteiger charge is -2.14. The lowest BCUT2D eigenvalue weighted by Crippen LogP contribution is -2.14. The first-order valence-electron chi connectivity index (χ1n) is 6.95. The number of rotatable bonds is 6. The standard InChI is InChI=1S/C15H20NO4P/c1-5-18-21(17,19-6-2)15-12(4)20-14(16-15)13-10-8-7-9-11(13)3/h7-10H,5-6H2,1-4H3. The van der Waals surface area contributed by atoms with Gasteiger partial charge in [-0.05, 0) is 39.3 Å². The summed E-state index contributed by atoms with van der Waals surface area (Å²) in [6, 6.07) is 7.74. The molecule has 0 bridgehead atoms. The van der Waals surface area contributed by atoms with Crippen molar-refractivity contribution >= 4 is 13.0 Å². The third kappa shape index (κ3) is 3.26. The highest BCUT2D eigenvalue weighted by atomic mass is 31.2. The maximum atomic E-state index is 12.8. The number of hydrogen-bond donors (Lipinski definition) is 0. The van der Waals surface area contributed by atoms with E-state index >= 15 is 0 Å². The Morgan fingerprint density at radius 1 is 1.14 bits per heavy atom. The molecule has 0 radical (unpaired) electrons. The lowest BCUT2D eigenvalue weighted by atomic mass is 10.1. The molecule has 2 aromatic rings. The summed E-state index contributed by atoms with van der Waals surface area (Å²) in [5, 5.41) is 0. The fourth-order valence-corrected chi connectivity index (χ4v) is 3.71. The largest absolute Gasteiger partial charge is 0.440 e. The monoisotopic (exact) mass is 309 g/mol. The van der Waals surface area contributed by atoms with Crippen LogP contribution in [-0.2, 0) is 13.6 Å². The predicted octanol–water partition coefficient (Wildman–Crippen LogP) is 3.85.